The minimum Gasteiger partial charge on any atom is -0.384 e. The molecule has 3 nitrogen and oxygen atoms in total. The van der Waals surface area contributed by atoms with E-state index in [-0.39, 0.29) is 0 Å². The van der Waals surface area contributed by atoms with Crippen molar-refractivity contribution >= 4 is 23.3 Å². The summed E-state index contributed by atoms with van der Waals surface area (Å²) in [6, 6.07) is 3.79. The van der Waals surface area contributed by atoms with E-state index in [1.807, 2.05) is 23.9 Å². The van der Waals surface area contributed by atoms with Crippen molar-refractivity contribution in [3.63, 3.8) is 0 Å². The predicted molar refractivity (Wildman–Crippen MR) is 74.0 cm³/mol. The molecule has 90 valence electrons. The van der Waals surface area contributed by atoms with Gasteiger partial charge in [-0.1, -0.05) is 12.8 Å². The normalized spacial score (nSPS) is 10.3. The number of anilines is 2. The van der Waals surface area contributed by atoms with E-state index in [1.165, 1.54) is 31.4 Å². The number of nitrogen functional groups attached to an aromatic ring is 1. The highest BCUT2D eigenvalue weighted by atomic mass is 32.2. The molecule has 0 unspecified atom stereocenters. The van der Waals surface area contributed by atoms with Crippen LogP contribution in [0.1, 0.15) is 25.7 Å². The Kier molecular flexibility index (Phi) is 6.81. The molecule has 0 aliphatic heterocycles. The lowest BCUT2D eigenvalue weighted by Crippen LogP contribution is -2.02. The first-order valence-electron chi connectivity index (χ1n) is 5.77. The van der Waals surface area contributed by atoms with Crippen molar-refractivity contribution < 1.29 is 0 Å². The quantitative estimate of drug-likeness (QED) is 0.685. The molecule has 1 aromatic heterocycles. The number of hydrogen-bond donors (Lipinski definition) is 2. The predicted octanol–water partition coefficient (Wildman–Crippen LogP) is 3.00. The number of rotatable bonds is 8. The van der Waals surface area contributed by atoms with Crippen molar-refractivity contribution in [1.82, 2.24) is 4.98 Å². The first-order valence-corrected chi connectivity index (χ1v) is 7.16. The maximum Gasteiger partial charge on any atom is 0.123 e. The highest BCUT2D eigenvalue weighted by Crippen LogP contribution is 2.08. The maximum absolute atomic E-state index is 5.51. The second kappa shape index (κ2) is 8.28. The van der Waals surface area contributed by atoms with Crippen molar-refractivity contribution in [2.24, 2.45) is 0 Å². The van der Waals surface area contributed by atoms with Crippen LogP contribution in [-0.2, 0) is 0 Å². The first kappa shape index (κ1) is 13.2. The van der Waals surface area contributed by atoms with Gasteiger partial charge in [0.15, 0.2) is 0 Å². The van der Waals surface area contributed by atoms with Crippen LogP contribution < -0.4 is 11.1 Å². The van der Waals surface area contributed by atoms with E-state index >= 15 is 0 Å². The van der Waals surface area contributed by atoms with Crippen LogP contribution in [0.25, 0.3) is 0 Å². The lowest BCUT2D eigenvalue weighted by molar-refractivity contribution is 0.689. The lowest BCUT2D eigenvalue weighted by Gasteiger charge is -2.05. The molecular weight excluding hydrogens is 218 g/mol. The molecule has 0 saturated carbocycles. The van der Waals surface area contributed by atoms with Gasteiger partial charge in [0.2, 0.25) is 0 Å². The summed E-state index contributed by atoms with van der Waals surface area (Å²) in [6.45, 7) is 1.02. The molecule has 0 spiro atoms. The smallest absolute Gasteiger partial charge is 0.123 e. The second-order valence-corrected chi connectivity index (χ2v) is 4.79. The second-order valence-electron chi connectivity index (χ2n) is 3.81. The number of aromatic nitrogens is 1. The Hall–Kier alpha value is -0.900. The molecule has 4 heteroatoms. The summed E-state index contributed by atoms with van der Waals surface area (Å²) >= 11 is 1.93. The Morgan fingerprint density at radius 3 is 2.75 bits per heavy atom. The zero-order chi connectivity index (χ0) is 11.6. The first-order chi connectivity index (χ1) is 7.83. The van der Waals surface area contributed by atoms with Crippen molar-refractivity contribution in [3.8, 4) is 0 Å². The van der Waals surface area contributed by atoms with Crippen molar-refractivity contribution in [1.29, 1.82) is 0 Å². The summed E-state index contributed by atoms with van der Waals surface area (Å²) in [5, 5.41) is 3.34. The van der Waals surface area contributed by atoms with E-state index in [9.17, 15) is 0 Å². The average Bonchev–Trinajstić information content (AvgIpc) is 2.30. The Morgan fingerprint density at radius 1 is 1.25 bits per heavy atom. The van der Waals surface area contributed by atoms with E-state index < -0.39 is 0 Å². The van der Waals surface area contributed by atoms with Gasteiger partial charge in [0.05, 0.1) is 11.9 Å². The molecule has 0 saturated heterocycles. The highest BCUT2D eigenvalue weighted by molar-refractivity contribution is 7.98. The van der Waals surface area contributed by atoms with Gasteiger partial charge in [-0.05, 0) is 37.0 Å². The monoisotopic (exact) mass is 239 g/mol. The van der Waals surface area contributed by atoms with Crippen LogP contribution in [-0.4, -0.2) is 23.5 Å². The molecule has 3 N–H and O–H groups in total. The third kappa shape index (κ3) is 5.85. The van der Waals surface area contributed by atoms with Gasteiger partial charge in [0.25, 0.3) is 0 Å². The van der Waals surface area contributed by atoms with E-state index in [0.717, 1.165) is 12.2 Å². The fraction of sp³-hybridized carbons (Fsp3) is 0.583. The molecule has 0 amide bonds. The van der Waals surface area contributed by atoms with Gasteiger partial charge in [0.1, 0.15) is 5.82 Å². The summed E-state index contributed by atoms with van der Waals surface area (Å²) in [4.78, 5) is 4.03. The number of nitrogens with zero attached hydrogens (tertiary/aromatic N) is 1. The van der Waals surface area contributed by atoms with Crippen molar-refractivity contribution in [2.75, 3.05) is 29.6 Å². The average molecular weight is 239 g/mol. The molecule has 0 atom stereocenters. The lowest BCUT2D eigenvalue weighted by atomic mass is 10.2. The molecule has 0 bridgehead atoms. The van der Waals surface area contributed by atoms with E-state index in [4.69, 9.17) is 5.73 Å². The van der Waals surface area contributed by atoms with Crippen LogP contribution in [0.5, 0.6) is 0 Å². The number of hydrogen-bond acceptors (Lipinski definition) is 4. The standard InChI is InChI=1S/C12H21N3S/c1-16-9-5-3-2-4-8-14-11-6-7-12(13)15-10-11/h6-7,10,14H,2-5,8-9H2,1H3,(H2,13,15). The highest BCUT2D eigenvalue weighted by Gasteiger charge is 1.93. The molecular formula is C12H21N3S. The summed E-state index contributed by atoms with van der Waals surface area (Å²) in [6.07, 6.45) is 9.14. The topological polar surface area (TPSA) is 50.9 Å². The van der Waals surface area contributed by atoms with Gasteiger partial charge in [-0.15, -0.1) is 0 Å². The maximum atomic E-state index is 5.51. The van der Waals surface area contributed by atoms with Crippen LogP contribution >= 0.6 is 11.8 Å². The Balaban J connectivity index is 2.01. The molecule has 1 rings (SSSR count). The van der Waals surface area contributed by atoms with Gasteiger partial charge in [0, 0.05) is 6.54 Å². The third-order valence-electron chi connectivity index (χ3n) is 2.39. The molecule has 0 aliphatic carbocycles. The molecule has 0 aromatic carbocycles. The number of unbranched alkanes of at least 4 members (excludes halogenated alkanes) is 3. The SMILES string of the molecule is CSCCCCCCNc1ccc(N)nc1. The number of thioether (sulfide) groups is 1. The van der Waals surface area contributed by atoms with Crippen molar-refractivity contribution in [2.45, 2.75) is 25.7 Å². The molecule has 1 aromatic rings. The molecule has 1 heterocycles. The summed E-state index contributed by atoms with van der Waals surface area (Å²) < 4.78 is 0. The van der Waals surface area contributed by atoms with Crippen molar-refractivity contribution in [3.05, 3.63) is 18.3 Å². The fourth-order valence-electron chi connectivity index (χ4n) is 1.47. The fourth-order valence-corrected chi connectivity index (χ4v) is 1.96. The van der Waals surface area contributed by atoms with Gasteiger partial charge < -0.3 is 11.1 Å². The minimum atomic E-state index is 0.572. The van der Waals surface area contributed by atoms with Crippen LogP contribution in [0, 0.1) is 0 Å². The zero-order valence-electron chi connectivity index (χ0n) is 9.91. The van der Waals surface area contributed by atoms with Gasteiger partial charge in [-0.2, -0.15) is 11.8 Å². The van der Waals surface area contributed by atoms with E-state index in [1.54, 1.807) is 6.20 Å². The minimum absolute atomic E-state index is 0.572. The molecule has 16 heavy (non-hydrogen) atoms. The Morgan fingerprint density at radius 2 is 2.06 bits per heavy atom. The van der Waals surface area contributed by atoms with Gasteiger partial charge in [-0.25, -0.2) is 4.98 Å². The Labute approximate surface area is 102 Å². The number of nitrogens with two attached hydrogens (primary N) is 1. The van der Waals surface area contributed by atoms with Crippen LogP contribution in [0.4, 0.5) is 11.5 Å². The van der Waals surface area contributed by atoms with E-state index in [0.29, 0.717) is 5.82 Å². The summed E-state index contributed by atoms with van der Waals surface area (Å²) in [7, 11) is 0. The van der Waals surface area contributed by atoms with Crippen LogP contribution in [0.3, 0.4) is 0 Å². The Bertz CT molecular complexity index is 274. The number of pyridine rings is 1. The van der Waals surface area contributed by atoms with Gasteiger partial charge >= 0.3 is 0 Å². The van der Waals surface area contributed by atoms with Crippen LogP contribution in [0.15, 0.2) is 18.3 Å². The number of nitrogens with one attached hydrogen (secondary N) is 1. The van der Waals surface area contributed by atoms with Gasteiger partial charge in [-0.3, -0.25) is 0 Å². The summed E-state index contributed by atoms with van der Waals surface area (Å²) in [5.41, 5.74) is 6.56. The molecule has 0 radical (unpaired) electrons. The van der Waals surface area contributed by atoms with Crippen LogP contribution in [0.2, 0.25) is 0 Å². The zero-order valence-corrected chi connectivity index (χ0v) is 10.7. The third-order valence-corrected chi connectivity index (χ3v) is 3.09. The molecule has 0 fully saturated rings. The summed E-state index contributed by atoms with van der Waals surface area (Å²) in [5.74, 6) is 1.86. The largest absolute Gasteiger partial charge is 0.384 e. The molecule has 0 aliphatic rings. The van der Waals surface area contributed by atoms with E-state index in [2.05, 4.69) is 16.6 Å².